The van der Waals surface area contributed by atoms with Crippen LogP contribution in [0.3, 0.4) is 0 Å². The molecular formula is C11H14BrN3O3S. The van der Waals surface area contributed by atoms with E-state index in [1.807, 2.05) is 0 Å². The fraction of sp³-hybridized carbons (Fsp3) is 0.364. The Labute approximate surface area is 120 Å². The van der Waals surface area contributed by atoms with Crippen molar-refractivity contribution in [3.63, 3.8) is 0 Å². The summed E-state index contributed by atoms with van der Waals surface area (Å²) < 4.78 is 23.5. The molecule has 1 aliphatic heterocycles. The van der Waals surface area contributed by atoms with Gasteiger partial charge in [0, 0.05) is 17.6 Å². The Bertz CT molecular complexity index is 589. The number of rotatable bonds is 3. The number of anilines is 1. The Morgan fingerprint density at radius 3 is 2.53 bits per heavy atom. The molecule has 1 aliphatic rings. The van der Waals surface area contributed by atoms with Gasteiger partial charge in [0.05, 0.1) is 22.8 Å². The number of nitrogens with two attached hydrogens (primary N) is 1. The van der Waals surface area contributed by atoms with Crippen LogP contribution in [0.15, 0.2) is 22.7 Å². The van der Waals surface area contributed by atoms with Crippen molar-refractivity contribution >= 4 is 37.4 Å². The smallest absolute Gasteiger partial charge is 0.250 e. The van der Waals surface area contributed by atoms with E-state index in [0.717, 1.165) is 4.47 Å². The molecule has 0 atom stereocenters. The van der Waals surface area contributed by atoms with Crippen LogP contribution < -0.4 is 11.2 Å². The molecule has 0 radical (unpaired) electrons. The van der Waals surface area contributed by atoms with E-state index < -0.39 is 15.7 Å². The van der Waals surface area contributed by atoms with E-state index in [0.29, 0.717) is 24.3 Å². The number of amides is 1. The Morgan fingerprint density at radius 1 is 1.32 bits per heavy atom. The van der Waals surface area contributed by atoms with Gasteiger partial charge in [0.25, 0.3) is 5.91 Å². The van der Waals surface area contributed by atoms with Crippen molar-refractivity contribution < 1.29 is 13.2 Å². The van der Waals surface area contributed by atoms with Crippen LogP contribution in [0.4, 0.5) is 5.69 Å². The highest BCUT2D eigenvalue weighted by atomic mass is 79.9. The fourth-order valence-electron chi connectivity index (χ4n) is 1.82. The summed E-state index contributed by atoms with van der Waals surface area (Å²) in [6.07, 6.45) is 0. The van der Waals surface area contributed by atoms with E-state index in [9.17, 15) is 13.2 Å². The standard InChI is InChI=1S/C11H14BrN3O3S/c12-8-1-2-9(11(13)16)10(7-8)14-15-3-5-19(17,18)6-4-15/h1-2,7,14H,3-6H2,(H2,13,16). The lowest BCUT2D eigenvalue weighted by molar-refractivity contribution is 0.100. The number of primary amides is 1. The molecule has 1 heterocycles. The summed E-state index contributed by atoms with van der Waals surface area (Å²) >= 11 is 3.32. The number of hydrogen-bond donors (Lipinski definition) is 2. The van der Waals surface area contributed by atoms with E-state index in [1.165, 1.54) is 0 Å². The highest BCUT2D eigenvalue weighted by Crippen LogP contribution is 2.22. The molecule has 0 unspecified atom stereocenters. The molecule has 1 aromatic rings. The molecule has 3 N–H and O–H groups in total. The molecule has 19 heavy (non-hydrogen) atoms. The van der Waals surface area contributed by atoms with Crippen molar-refractivity contribution in [1.82, 2.24) is 5.01 Å². The first-order valence-electron chi connectivity index (χ1n) is 5.69. The van der Waals surface area contributed by atoms with E-state index in [1.54, 1.807) is 23.2 Å². The highest BCUT2D eigenvalue weighted by Gasteiger charge is 2.22. The van der Waals surface area contributed by atoms with Crippen molar-refractivity contribution in [3.05, 3.63) is 28.2 Å². The highest BCUT2D eigenvalue weighted by molar-refractivity contribution is 9.10. The van der Waals surface area contributed by atoms with Crippen LogP contribution in [-0.2, 0) is 9.84 Å². The van der Waals surface area contributed by atoms with E-state index in [4.69, 9.17) is 5.73 Å². The van der Waals surface area contributed by atoms with Crippen molar-refractivity contribution in [2.75, 3.05) is 30.0 Å². The summed E-state index contributed by atoms with van der Waals surface area (Å²) in [5.41, 5.74) is 9.29. The van der Waals surface area contributed by atoms with Gasteiger partial charge in [-0.1, -0.05) is 15.9 Å². The number of hydrazine groups is 1. The summed E-state index contributed by atoms with van der Waals surface area (Å²) in [6.45, 7) is 0.764. The monoisotopic (exact) mass is 347 g/mol. The number of sulfone groups is 1. The van der Waals surface area contributed by atoms with Gasteiger partial charge in [0.2, 0.25) is 0 Å². The first-order valence-corrected chi connectivity index (χ1v) is 8.30. The number of halogens is 1. The number of benzene rings is 1. The lowest BCUT2D eigenvalue weighted by Gasteiger charge is -2.28. The van der Waals surface area contributed by atoms with Gasteiger partial charge in [-0.15, -0.1) is 0 Å². The van der Waals surface area contributed by atoms with Gasteiger partial charge in [0.1, 0.15) is 0 Å². The molecule has 0 spiro atoms. The Hall–Kier alpha value is -1.12. The number of carbonyl (C=O) groups excluding carboxylic acids is 1. The third-order valence-corrected chi connectivity index (χ3v) is 4.97. The predicted molar refractivity (Wildman–Crippen MR) is 76.5 cm³/mol. The minimum absolute atomic E-state index is 0.111. The third-order valence-electron chi connectivity index (χ3n) is 2.87. The summed E-state index contributed by atoms with van der Waals surface area (Å²) in [5.74, 6) is -0.306. The number of carbonyl (C=O) groups is 1. The Morgan fingerprint density at radius 2 is 1.95 bits per heavy atom. The molecule has 104 valence electrons. The zero-order chi connectivity index (χ0) is 14.0. The molecule has 2 rings (SSSR count). The number of nitrogens with zero attached hydrogens (tertiary/aromatic N) is 1. The lowest BCUT2D eigenvalue weighted by Crippen LogP contribution is -2.43. The quantitative estimate of drug-likeness (QED) is 0.835. The van der Waals surface area contributed by atoms with Crippen molar-refractivity contribution in [2.24, 2.45) is 5.73 Å². The molecule has 0 bridgehead atoms. The van der Waals surface area contributed by atoms with Crippen LogP contribution in [0.2, 0.25) is 0 Å². The number of hydrogen-bond acceptors (Lipinski definition) is 5. The van der Waals surface area contributed by atoms with Crippen molar-refractivity contribution in [3.8, 4) is 0 Å². The van der Waals surface area contributed by atoms with Gasteiger partial charge >= 0.3 is 0 Å². The molecule has 0 saturated carbocycles. The van der Waals surface area contributed by atoms with Crippen molar-refractivity contribution in [1.29, 1.82) is 0 Å². The van der Waals surface area contributed by atoms with Gasteiger partial charge in [-0.05, 0) is 18.2 Å². The normalized spacial score (nSPS) is 19.0. The molecule has 8 heteroatoms. The maximum atomic E-state index is 11.3. The molecule has 6 nitrogen and oxygen atoms in total. The predicted octanol–water partition coefficient (Wildman–Crippen LogP) is 0.605. The van der Waals surface area contributed by atoms with Crippen LogP contribution in [0.5, 0.6) is 0 Å². The number of nitrogens with one attached hydrogen (secondary N) is 1. The maximum Gasteiger partial charge on any atom is 0.250 e. The van der Waals surface area contributed by atoms with Gasteiger partial charge in [0.15, 0.2) is 9.84 Å². The summed E-state index contributed by atoms with van der Waals surface area (Å²) in [4.78, 5) is 11.3. The van der Waals surface area contributed by atoms with Crippen LogP contribution >= 0.6 is 15.9 Å². The van der Waals surface area contributed by atoms with Gasteiger partial charge in [-0.25, -0.2) is 13.4 Å². The van der Waals surface area contributed by atoms with Crippen LogP contribution in [0.25, 0.3) is 0 Å². The SMILES string of the molecule is NC(=O)c1ccc(Br)cc1NN1CCS(=O)(=O)CC1. The second-order valence-corrected chi connectivity index (χ2v) is 7.52. The second-order valence-electron chi connectivity index (χ2n) is 4.30. The fourth-order valence-corrected chi connectivity index (χ4v) is 3.38. The van der Waals surface area contributed by atoms with Crippen LogP contribution in [0, 0.1) is 0 Å². The molecule has 0 aliphatic carbocycles. The average Bonchev–Trinajstić information content (AvgIpc) is 2.31. The van der Waals surface area contributed by atoms with Crippen LogP contribution in [0.1, 0.15) is 10.4 Å². The lowest BCUT2D eigenvalue weighted by atomic mass is 10.2. The van der Waals surface area contributed by atoms with E-state index in [2.05, 4.69) is 21.4 Å². The minimum Gasteiger partial charge on any atom is -0.366 e. The van der Waals surface area contributed by atoms with E-state index >= 15 is 0 Å². The zero-order valence-corrected chi connectivity index (χ0v) is 12.5. The molecule has 0 aromatic heterocycles. The van der Waals surface area contributed by atoms with Crippen molar-refractivity contribution in [2.45, 2.75) is 0 Å². The summed E-state index contributed by atoms with van der Waals surface area (Å²) in [6, 6.07) is 5.09. The molecular weight excluding hydrogens is 334 g/mol. The molecule has 1 aromatic carbocycles. The molecule has 1 saturated heterocycles. The minimum atomic E-state index is -2.93. The summed E-state index contributed by atoms with van der Waals surface area (Å²) in [5, 5.41) is 1.77. The van der Waals surface area contributed by atoms with Crippen LogP contribution in [-0.4, -0.2) is 43.9 Å². The third kappa shape index (κ3) is 3.68. The first kappa shape index (κ1) is 14.3. The van der Waals surface area contributed by atoms with E-state index in [-0.39, 0.29) is 11.5 Å². The Kier molecular flexibility index (Phi) is 4.12. The largest absolute Gasteiger partial charge is 0.366 e. The second kappa shape index (κ2) is 5.48. The summed E-state index contributed by atoms with van der Waals surface area (Å²) in [7, 11) is -2.93. The van der Waals surface area contributed by atoms with Gasteiger partial charge in [-0.3, -0.25) is 4.79 Å². The topological polar surface area (TPSA) is 92.5 Å². The average molecular weight is 348 g/mol. The maximum absolute atomic E-state index is 11.3. The first-order chi connectivity index (χ1) is 8.87. The van der Waals surface area contributed by atoms with Gasteiger partial charge in [-0.2, -0.15) is 0 Å². The molecule has 1 amide bonds. The van der Waals surface area contributed by atoms with Gasteiger partial charge < -0.3 is 11.2 Å². The zero-order valence-electron chi connectivity index (χ0n) is 10.1. The Balaban J connectivity index is 2.15. The molecule has 1 fully saturated rings.